The zero-order valence-electron chi connectivity index (χ0n) is 9.97. The molecule has 14 heavy (non-hydrogen) atoms. The van der Waals surface area contributed by atoms with Gasteiger partial charge in [-0.1, -0.05) is 33.6 Å². The number of hydrogen-bond acceptors (Lipinski definition) is 2. The van der Waals surface area contributed by atoms with Crippen molar-refractivity contribution in [3.63, 3.8) is 0 Å². The van der Waals surface area contributed by atoms with Gasteiger partial charge in [-0.2, -0.15) is 0 Å². The predicted molar refractivity (Wildman–Crippen MR) is 62.3 cm³/mol. The van der Waals surface area contributed by atoms with Crippen molar-refractivity contribution in [3.05, 3.63) is 0 Å². The Morgan fingerprint density at radius 3 is 2.43 bits per heavy atom. The second kappa shape index (κ2) is 5.13. The maximum atomic E-state index is 6.09. The fourth-order valence-electron chi connectivity index (χ4n) is 2.12. The van der Waals surface area contributed by atoms with Gasteiger partial charge in [-0.25, -0.2) is 0 Å². The van der Waals surface area contributed by atoms with Gasteiger partial charge in [0.1, 0.15) is 0 Å². The van der Waals surface area contributed by atoms with E-state index in [1.165, 1.54) is 25.7 Å². The van der Waals surface area contributed by atoms with E-state index in [9.17, 15) is 0 Å². The lowest BCUT2D eigenvalue weighted by Gasteiger charge is -2.30. The average molecular weight is 198 g/mol. The Kier molecular flexibility index (Phi) is 4.39. The van der Waals surface area contributed by atoms with Crippen LogP contribution in [0.4, 0.5) is 0 Å². The maximum absolute atomic E-state index is 6.09. The van der Waals surface area contributed by atoms with Crippen LogP contribution in [-0.4, -0.2) is 19.1 Å². The molecule has 0 saturated heterocycles. The van der Waals surface area contributed by atoms with Crippen LogP contribution >= 0.6 is 0 Å². The molecule has 2 nitrogen and oxygen atoms in total. The van der Waals surface area contributed by atoms with Crippen molar-refractivity contribution >= 4 is 0 Å². The third kappa shape index (κ3) is 4.43. The predicted octanol–water partition coefficient (Wildman–Crippen LogP) is 2.14. The van der Waals surface area contributed by atoms with Gasteiger partial charge in [0, 0.05) is 12.6 Å². The Bertz CT molecular complexity index is 160. The van der Waals surface area contributed by atoms with Crippen molar-refractivity contribution in [2.24, 2.45) is 17.1 Å². The summed E-state index contributed by atoms with van der Waals surface area (Å²) in [5.74, 6) is 0.714. The Morgan fingerprint density at radius 2 is 1.86 bits per heavy atom. The molecule has 1 rings (SSSR count). The first-order valence-corrected chi connectivity index (χ1v) is 5.95. The van der Waals surface area contributed by atoms with Gasteiger partial charge in [0.15, 0.2) is 0 Å². The molecule has 0 spiro atoms. The van der Waals surface area contributed by atoms with Gasteiger partial charge >= 0.3 is 0 Å². The van der Waals surface area contributed by atoms with Gasteiger partial charge in [0.05, 0.1) is 0 Å². The summed E-state index contributed by atoms with van der Waals surface area (Å²) in [5.41, 5.74) is 6.48. The lowest BCUT2D eigenvalue weighted by molar-refractivity contribution is 0.279. The fraction of sp³-hybridized carbons (Fsp3) is 1.00. The van der Waals surface area contributed by atoms with Crippen LogP contribution in [0.15, 0.2) is 0 Å². The third-order valence-corrected chi connectivity index (χ3v) is 3.03. The summed E-state index contributed by atoms with van der Waals surface area (Å²) in [5, 5.41) is 3.55. The molecule has 2 unspecified atom stereocenters. The zero-order valence-corrected chi connectivity index (χ0v) is 9.97. The molecule has 0 amide bonds. The minimum atomic E-state index is 0.388. The Labute approximate surface area is 88.6 Å². The highest BCUT2D eigenvalue weighted by molar-refractivity contribution is 4.80. The first-order chi connectivity index (χ1) is 6.49. The number of nitrogens with one attached hydrogen (secondary N) is 1. The quantitative estimate of drug-likeness (QED) is 0.729. The molecule has 3 N–H and O–H groups in total. The van der Waals surface area contributed by atoms with Crippen molar-refractivity contribution in [3.8, 4) is 0 Å². The van der Waals surface area contributed by atoms with Crippen LogP contribution in [0.3, 0.4) is 0 Å². The Morgan fingerprint density at radius 1 is 1.21 bits per heavy atom. The zero-order chi connectivity index (χ0) is 10.6. The van der Waals surface area contributed by atoms with Crippen molar-refractivity contribution < 1.29 is 0 Å². The number of rotatable bonds is 3. The van der Waals surface area contributed by atoms with Gasteiger partial charge in [0.25, 0.3) is 0 Å². The molecular formula is C12H26N2. The van der Waals surface area contributed by atoms with Crippen molar-refractivity contribution in [1.29, 1.82) is 0 Å². The molecule has 0 bridgehead atoms. The highest BCUT2D eigenvalue weighted by atomic mass is 14.9. The molecule has 0 aromatic rings. The maximum Gasteiger partial charge on any atom is 0.00792 e. The number of nitrogens with two attached hydrogens (primary N) is 1. The smallest absolute Gasteiger partial charge is 0.00792 e. The molecule has 2 heteroatoms. The summed E-state index contributed by atoms with van der Waals surface area (Å²) in [6, 6.07) is 0.441. The summed E-state index contributed by atoms with van der Waals surface area (Å²) in [7, 11) is 0. The van der Waals surface area contributed by atoms with Crippen molar-refractivity contribution in [2.45, 2.75) is 52.5 Å². The van der Waals surface area contributed by atoms with Crippen molar-refractivity contribution in [2.75, 3.05) is 13.1 Å². The van der Waals surface area contributed by atoms with Crippen LogP contribution in [0, 0.1) is 11.3 Å². The molecule has 1 saturated carbocycles. The molecular weight excluding hydrogens is 172 g/mol. The average Bonchev–Trinajstić information content (AvgIpc) is 2.06. The molecule has 0 aliphatic heterocycles. The van der Waals surface area contributed by atoms with Crippen LogP contribution in [0.2, 0.25) is 0 Å². The van der Waals surface area contributed by atoms with Gasteiger partial charge in [-0.15, -0.1) is 0 Å². The largest absolute Gasteiger partial charge is 0.327 e. The van der Waals surface area contributed by atoms with Gasteiger partial charge in [-0.05, 0) is 30.7 Å². The highest BCUT2D eigenvalue weighted by Crippen LogP contribution is 2.22. The molecule has 1 aliphatic rings. The normalized spacial score (nSPS) is 29.1. The van der Waals surface area contributed by atoms with Gasteiger partial charge in [0.2, 0.25) is 0 Å². The van der Waals surface area contributed by atoms with E-state index in [1.807, 2.05) is 0 Å². The molecule has 2 atom stereocenters. The molecule has 0 aromatic heterocycles. The second-order valence-electron chi connectivity index (χ2n) is 5.90. The van der Waals surface area contributed by atoms with Crippen LogP contribution in [-0.2, 0) is 0 Å². The lowest BCUT2D eigenvalue weighted by atomic mass is 9.85. The highest BCUT2D eigenvalue weighted by Gasteiger charge is 2.21. The van der Waals surface area contributed by atoms with E-state index in [1.54, 1.807) is 0 Å². The fourth-order valence-corrected chi connectivity index (χ4v) is 2.12. The van der Waals surface area contributed by atoms with E-state index in [0.29, 0.717) is 17.4 Å². The van der Waals surface area contributed by atoms with E-state index < -0.39 is 0 Å². The Balaban J connectivity index is 2.17. The Hall–Kier alpha value is -0.0800. The summed E-state index contributed by atoms with van der Waals surface area (Å²) in [6.07, 6.45) is 5.24. The topological polar surface area (TPSA) is 38.0 Å². The minimum absolute atomic E-state index is 0.388. The first-order valence-electron chi connectivity index (χ1n) is 5.95. The summed E-state index contributed by atoms with van der Waals surface area (Å²) in [6.45, 7) is 9.00. The molecule has 84 valence electrons. The summed E-state index contributed by atoms with van der Waals surface area (Å²) < 4.78 is 0. The first kappa shape index (κ1) is 12.0. The van der Waals surface area contributed by atoms with Crippen LogP contribution in [0.1, 0.15) is 46.5 Å². The number of hydrogen-bond donors (Lipinski definition) is 2. The monoisotopic (exact) mass is 198 g/mol. The van der Waals surface area contributed by atoms with E-state index in [-0.39, 0.29) is 0 Å². The second-order valence-corrected chi connectivity index (χ2v) is 5.90. The minimum Gasteiger partial charge on any atom is -0.327 e. The van der Waals surface area contributed by atoms with E-state index in [2.05, 4.69) is 26.1 Å². The van der Waals surface area contributed by atoms with Gasteiger partial charge in [-0.3, -0.25) is 0 Å². The van der Waals surface area contributed by atoms with Crippen LogP contribution < -0.4 is 11.1 Å². The molecule has 0 radical (unpaired) electrons. The van der Waals surface area contributed by atoms with Crippen LogP contribution in [0.5, 0.6) is 0 Å². The molecule has 0 heterocycles. The summed E-state index contributed by atoms with van der Waals surface area (Å²) >= 11 is 0. The SMILES string of the molecule is CC(C)(C)CNCC1CCCCC1N. The third-order valence-electron chi connectivity index (χ3n) is 3.03. The van der Waals surface area contributed by atoms with E-state index in [4.69, 9.17) is 5.73 Å². The molecule has 0 aromatic carbocycles. The standard InChI is InChI=1S/C12H26N2/c1-12(2,3)9-14-8-10-6-4-5-7-11(10)13/h10-11,14H,4-9,13H2,1-3H3. The van der Waals surface area contributed by atoms with Crippen LogP contribution in [0.25, 0.3) is 0 Å². The van der Waals surface area contributed by atoms with E-state index in [0.717, 1.165) is 13.1 Å². The lowest BCUT2D eigenvalue weighted by Crippen LogP contribution is -2.41. The summed E-state index contributed by atoms with van der Waals surface area (Å²) in [4.78, 5) is 0. The molecule has 1 aliphatic carbocycles. The van der Waals surface area contributed by atoms with Crippen molar-refractivity contribution in [1.82, 2.24) is 5.32 Å². The molecule has 1 fully saturated rings. The van der Waals surface area contributed by atoms with Gasteiger partial charge < -0.3 is 11.1 Å². The van der Waals surface area contributed by atoms with E-state index >= 15 is 0 Å².